The number of halogens is 2. The summed E-state index contributed by atoms with van der Waals surface area (Å²) in [5, 5.41) is 11.3. The van der Waals surface area contributed by atoms with E-state index < -0.39 is 5.82 Å². The van der Waals surface area contributed by atoms with Crippen molar-refractivity contribution in [2.24, 2.45) is 0 Å². The van der Waals surface area contributed by atoms with Crippen LogP contribution in [0, 0.1) is 5.82 Å². The molecule has 29 heavy (non-hydrogen) atoms. The fourth-order valence-corrected chi connectivity index (χ4v) is 4.58. The van der Waals surface area contributed by atoms with Crippen LogP contribution in [0.15, 0.2) is 29.1 Å². The average molecular weight is 416 g/mol. The van der Waals surface area contributed by atoms with E-state index in [0.717, 1.165) is 32.4 Å². The Kier molecular flexibility index (Phi) is 4.35. The van der Waals surface area contributed by atoms with E-state index in [9.17, 15) is 14.3 Å². The molecule has 0 spiro atoms. The lowest BCUT2D eigenvalue weighted by atomic mass is 9.99. The van der Waals surface area contributed by atoms with Gasteiger partial charge in [-0.05, 0) is 37.5 Å². The van der Waals surface area contributed by atoms with Gasteiger partial charge in [0.05, 0.1) is 28.2 Å². The van der Waals surface area contributed by atoms with Crippen LogP contribution < -0.4 is 15.3 Å². The fourth-order valence-electron chi connectivity index (χ4n) is 4.29. The number of hydrogen-bond donors (Lipinski definition) is 1. The fraction of sp³-hybridized carbons (Fsp3) is 0.333. The Labute approximate surface area is 171 Å². The Balaban J connectivity index is 1.86. The molecule has 8 heteroatoms. The zero-order valence-electron chi connectivity index (χ0n) is 15.6. The first-order chi connectivity index (χ1) is 14.1. The lowest BCUT2D eigenvalue weighted by molar-refractivity contribution is 0.284. The largest absolute Gasteiger partial charge is 0.507 e. The first-order valence-electron chi connectivity index (χ1n) is 9.69. The van der Waals surface area contributed by atoms with Crippen LogP contribution in [0.25, 0.3) is 22.0 Å². The second-order valence-corrected chi connectivity index (χ2v) is 7.77. The van der Waals surface area contributed by atoms with Crippen LogP contribution in [0.4, 0.5) is 10.2 Å². The molecular formula is C21H19ClFN3O3. The molecule has 0 unspecified atom stereocenters. The number of aromatic nitrogens is 2. The van der Waals surface area contributed by atoms with E-state index in [1.54, 1.807) is 10.6 Å². The van der Waals surface area contributed by atoms with Crippen molar-refractivity contribution < 1.29 is 14.2 Å². The van der Waals surface area contributed by atoms with E-state index in [0.29, 0.717) is 29.0 Å². The van der Waals surface area contributed by atoms with Crippen LogP contribution in [0.2, 0.25) is 5.02 Å². The van der Waals surface area contributed by atoms with Crippen LogP contribution in [0.5, 0.6) is 11.5 Å². The van der Waals surface area contributed by atoms with Gasteiger partial charge in [0.2, 0.25) is 0 Å². The van der Waals surface area contributed by atoms with Crippen LogP contribution in [-0.2, 0) is 6.54 Å². The summed E-state index contributed by atoms with van der Waals surface area (Å²) in [6, 6.07) is 5.77. The maximum atomic E-state index is 14.6. The number of phenols is 1. The summed E-state index contributed by atoms with van der Waals surface area (Å²) in [4.78, 5) is 19.2. The topological polar surface area (TPSA) is 67.6 Å². The van der Waals surface area contributed by atoms with Crippen molar-refractivity contribution in [3.63, 3.8) is 0 Å². The number of benzene rings is 2. The van der Waals surface area contributed by atoms with Crippen molar-refractivity contribution in [1.29, 1.82) is 0 Å². The lowest BCUT2D eigenvalue weighted by Gasteiger charge is -2.31. The Hall–Kier alpha value is -2.80. The van der Waals surface area contributed by atoms with E-state index in [1.165, 1.54) is 18.2 Å². The Morgan fingerprint density at radius 2 is 1.93 bits per heavy atom. The minimum atomic E-state index is -0.615. The average Bonchev–Trinajstić information content (AvgIpc) is 2.72. The van der Waals surface area contributed by atoms with Crippen molar-refractivity contribution in [2.45, 2.75) is 25.8 Å². The second kappa shape index (κ2) is 6.91. The summed E-state index contributed by atoms with van der Waals surface area (Å²) in [7, 11) is 0. The van der Waals surface area contributed by atoms with E-state index in [-0.39, 0.29) is 34.2 Å². The van der Waals surface area contributed by atoms with Gasteiger partial charge >= 0.3 is 5.69 Å². The van der Waals surface area contributed by atoms with Gasteiger partial charge in [-0.3, -0.25) is 4.57 Å². The molecule has 1 fully saturated rings. The Morgan fingerprint density at radius 1 is 1.14 bits per heavy atom. The van der Waals surface area contributed by atoms with Crippen LogP contribution in [0.3, 0.4) is 0 Å². The molecule has 0 aliphatic carbocycles. The molecule has 3 heterocycles. The minimum absolute atomic E-state index is 0.0355. The smallest absolute Gasteiger partial charge is 0.350 e. The minimum Gasteiger partial charge on any atom is -0.507 e. The van der Waals surface area contributed by atoms with E-state index >= 15 is 0 Å². The van der Waals surface area contributed by atoms with Gasteiger partial charge in [-0.1, -0.05) is 17.7 Å². The molecule has 1 aromatic heterocycles. The zero-order chi connectivity index (χ0) is 20.1. The molecule has 1 saturated heterocycles. The molecule has 2 aliphatic heterocycles. The third-order valence-corrected chi connectivity index (χ3v) is 5.91. The summed E-state index contributed by atoms with van der Waals surface area (Å²) in [5.74, 6) is 0.0302. The molecule has 6 nitrogen and oxygen atoms in total. The molecule has 2 aromatic carbocycles. The highest BCUT2D eigenvalue weighted by Gasteiger charge is 2.29. The molecule has 5 rings (SSSR count). The zero-order valence-corrected chi connectivity index (χ0v) is 16.4. The summed E-state index contributed by atoms with van der Waals surface area (Å²) in [6.45, 7) is 2.21. The van der Waals surface area contributed by atoms with Crippen molar-refractivity contribution in [3.8, 4) is 22.6 Å². The summed E-state index contributed by atoms with van der Waals surface area (Å²) >= 11 is 6.60. The van der Waals surface area contributed by atoms with Crippen molar-refractivity contribution in [1.82, 2.24) is 9.55 Å². The lowest BCUT2D eigenvalue weighted by Crippen LogP contribution is -2.35. The molecule has 0 bridgehead atoms. The first kappa shape index (κ1) is 18.2. The third kappa shape index (κ3) is 2.83. The van der Waals surface area contributed by atoms with E-state index in [1.807, 2.05) is 0 Å². The summed E-state index contributed by atoms with van der Waals surface area (Å²) in [5.41, 5.74) is 0.387. The number of aromatic hydroxyl groups is 1. The number of rotatable bonds is 2. The molecule has 0 amide bonds. The Bertz CT molecular complexity index is 1170. The van der Waals surface area contributed by atoms with Gasteiger partial charge in [0.15, 0.2) is 5.75 Å². The predicted octanol–water partition coefficient (Wildman–Crippen LogP) is 3.94. The first-order valence-corrected chi connectivity index (χ1v) is 10.1. The highest BCUT2D eigenvalue weighted by Crippen LogP contribution is 2.48. The van der Waals surface area contributed by atoms with Gasteiger partial charge in [0, 0.05) is 18.5 Å². The highest BCUT2D eigenvalue weighted by molar-refractivity contribution is 6.35. The van der Waals surface area contributed by atoms with Crippen molar-refractivity contribution in [2.75, 3.05) is 24.6 Å². The molecule has 0 saturated carbocycles. The maximum Gasteiger partial charge on any atom is 0.350 e. The number of ether oxygens (including phenoxy) is 1. The highest BCUT2D eigenvalue weighted by atomic mass is 35.5. The predicted molar refractivity (Wildman–Crippen MR) is 110 cm³/mol. The molecule has 150 valence electrons. The van der Waals surface area contributed by atoms with Gasteiger partial charge in [0.1, 0.15) is 24.0 Å². The van der Waals surface area contributed by atoms with Gasteiger partial charge in [-0.15, -0.1) is 0 Å². The monoisotopic (exact) mass is 415 g/mol. The molecule has 1 N–H and O–H groups in total. The molecular weight excluding hydrogens is 397 g/mol. The van der Waals surface area contributed by atoms with Gasteiger partial charge < -0.3 is 14.7 Å². The molecule has 0 atom stereocenters. The van der Waals surface area contributed by atoms with Crippen molar-refractivity contribution in [3.05, 3.63) is 45.6 Å². The summed E-state index contributed by atoms with van der Waals surface area (Å²) < 4.78 is 22.1. The Morgan fingerprint density at radius 3 is 2.69 bits per heavy atom. The molecule has 0 radical (unpaired) electrons. The van der Waals surface area contributed by atoms with Gasteiger partial charge in [-0.2, -0.15) is 4.98 Å². The van der Waals surface area contributed by atoms with Crippen LogP contribution >= 0.6 is 11.6 Å². The van der Waals surface area contributed by atoms with Gasteiger partial charge in [0.25, 0.3) is 0 Å². The SMILES string of the molecule is O=c1nc(N2CCCCC2)c2cc(Cl)c(-c3c(O)cccc3F)c3c2n1CCO3. The molecule has 2 aliphatic rings. The van der Waals surface area contributed by atoms with E-state index in [2.05, 4.69) is 9.88 Å². The number of anilines is 1. The maximum absolute atomic E-state index is 14.6. The summed E-state index contributed by atoms with van der Waals surface area (Å²) in [6.07, 6.45) is 3.21. The molecule has 3 aromatic rings. The number of hydrogen-bond acceptors (Lipinski definition) is 5. The normalized spacial score (nSPS) is 16.1. The number of nitrogens with zero attached hydrogens (tertiary/aromatic N) is 3. The van der Waals surface area contributed by atoms with Crippen molar-refractivity contribution >= 4 is 28.3 Å². The number of phenolic OH excluding ortho intramolecular Hbond substituents is 1. The van der Waals surface area contributed by atoms with E-state index in [4.69, 9.17) is 16.3 Å². The second-order valence-electron chi connectivity index (χ2n) is 7.36. The number of piperidine rings is 1. The standard InChI is InChI=1S/C21H19ClFN3O3/c22-13-11-12-18-19(16(13)17-14(23)5-4-6-15(17)27)29-10-9-26(18)21(28)24-20(12)25-7-2-1-3-8-25/h4-6,11,27H,1-3,7-10H2. The third-order valence-electron chi connectivity index (χ3n) is 5.61. The quantitative estimate of drug-likeness (QED) is 0.686. The van der Waals surface area contributed by atoms with Gasteiger partial charge in [-0.25, -0.2) is 9.18 Å². The van der Waals surface area contributed by atoms with Crippen LogP contribution in [0.1, 0.15) is 19.3 Å². The van der Waals surface area contributed by atoms with Crippen LogP contribution in [-0.4, -0.2) is 34.4 Å².